The number of nitrogens with zero attached hydrogens (tertiary/aromatic N) is 1. The molecule has 0 unspecified atom stereocenters. The van der Waals surface area contributed by atoms with Crippen LogP contribution in [0.25, 0.3) is 6.08 Å². The smallest absolute Gasteiger partial charge is 0.349 e. The lowest BCUT2D eigenvalue weighted by molar-refractivity contribution is -0.400. The van der Waals surface area contributed by atoms with Crippen LogP contribution in [0.5, 0.6) is 17.2 Å². The van der Waals surface area contributed by atoms with Crippen LogP contribution in [0.3, 0.4) is 0 Å². The molecular formula is C21H23NO6. The molecule has 0 radical (unpaired) electrons. The summed E-state index contributed by atoms with van der Waals surface area (Å²) in [4.78, 5) is 21.9. The Hall–Kier alpha value is -3.35. The van der Waals surface area contributed by atoms with Crippen LogP contribution in [-0.4, -0.2) is 23.1 Å². The Balaban J connectivity index is 2.13. The lowest BCUT2D eigenvalue weighted by Crippen LogP contribution is -2.39. The molecule has 0 fully saturated rings. The molecule has 0 saturated carbocycles. The number of benzene rings is 2. The molecule has 0 heterocycles. The second-order valence-corrected chi connectivity index (χ2v) is 6.54. The zero-order valence-corrected chi connectivity index (χ0v) is 16.3. The molecule has 2 rings (SSSR count). The van der Waals surface area contributed by atoms with Crippen LogP contribution in [-0.2, 0) is 9.53 Å². The van der Waals surface area contributed by atoms with Crippen molar-refractivity contribution in [2.45, 2.75) is 33.3 Å². The van der Waals surface area contributed by atoms with Gasteiger partial charge in [-0.1, -0.05) is 12.1 Å². The summed E-state index contributed by atoms with van der Waals surface area (Å²) in [6.07, 6.45) is 2.27. The highest BCUT2D eigenvalue weighted by Crippen LogP contribution is 2.30. The van der Waals surface area contributed by atoms with Gasteiger partial charge in [-0.15, -0.1) is 0 Å². The summed E-state index contributed by atoms with van der Waals surface area (Å²) in [5.41, 5.74) is 0.335. The van der Waals surface area contributed by atoms with Gasteiger partial charge in [0, 0.05) is 6.08 Å². The second kappa shape index (κ2) is 9.03. The van der Waals surface area contributed by atoms with Gasteiger partial charge in [0.1, 0.15) is 17.2 Å². The molecule has 0 spiro atoms. The Kier molecular flexibility index (Phi) is 6.76. The van der Waals surface area contributed by atoms with Crippen LogP contribution in [0, 0.1) is 17.0 Å². The highest BCUT2D eigenvalue weighted by molar-refractivity contribution is 5.79. The van der Waals surface area contributed by atoms with Gasteiger partial charge in [0.15, 0.2) is 5.60 Å². The van der Waals surface area contributed by atoms with E-state index in [1.54, 1.807) is 63.2 Å². The minimum atomic E-state index is -1.11. The molecule has 7 nitrogen and oxygen atoms in total. The molecule has 28 heavy (non-hydrogen) atoms. The van der Waals surface area contributed by atoms with Gasteiger partial charge in [0.2, 0.25) is 6.20 Å². The quantitative estimate of drug-likeness (QED) is 0.370. The molecule has 2 aromatic carbocycles. The molecular weight excluding hydrogens is 362 g/mol. The molecule has 0 aliphatic heterocycles. The fraction of sp³-hybridized carbons (Fsp3) is 0.286. The molecule has 0 atom stereocenters. The summed E-state index contributed by atoms with van der Waals surface area (Å²) in [5.74, 6) is 1.24. The first-order valence-corrected chi connectivity index (χ1v) is 8.78. The van der Waals surface area contributed by atoms with Crippen molar-refractivity contribution in [2.75, 3.05) is 6.61 Å². The number of hydrogen-bond acceptors (Lipinski definition) is 6. The van der Waals surface area contributed by atoms with E-state index in [0.29, 0.717) is 22.8 Å². The fourth-order valence-corrected chi connectivity index (χ4v) is 2.39. The van der Waals surface area contributed by atoms with Crippen molar-refractivity contribution >= 4 is 12.0 Å². The number of ether oxygens (including phenoxy) is 3. The maximum absolute atomic E-state index is 12.0. The Morgan fingerprint density at radius 1 is 1.18 bits per heavy atom. The Bertz CT molecular complexity index is 888. The van der Waals surface area contributed by atoms with E-state index in [1.807, 2.05) is 6.92 Å². The van der Waals surface area contributed by atoms with Crippen molar-refractivity contribution in [3.8, 4) is 17.2 Å². The summed E-state index contributed by atoms with van der Waals surface area (Å²) in [6, 6.07) is 12.2. The molecule has 0 amide bonds. The van der Waals surface area contributed by atoms with E-state index in [1.165, 1.54) is 6.08 Å². The van der Waals surface area contributed by atoms with Gasteiger partial charge in [-0.05, 0) is 69.2 Å². The van der Waals surface area contributed by atoms with E-state index < -0.39 is 16.5 Å². The van der Waals surface area contributed by atoms with Crippen molar-refractivity contribution < 1.29 is 23.9 Å². The lowest BCUT2D eigenvalue weighted by Gasteiger charge is -2.25. The topological polar surface area (TPSA) is 87.9 Å². The minimum absolute atomic E-state index is 0.285. The molecule has 7 heteroatoms. The van der Waals surface area contributed by atoms with Gasteiger partial charge < -0.3 is 14.2 Å². The average molecular weight is 385 g/mol. The first-order valence-electron chi connectivity index (χ1n) is 8.78. The zero-order valence-electron chi connectivity index (χ0n) is 16.3. The summed E-state index contributed by atoms with van der Waals surface area (Å²) in [5, 5.41) is 10.4. The average Bonchev–Trinajstić information content (AvgIpc) is 2.63. The third-order valence-corrected chi connectivity index (χ3v) is 3.76. The number of esters is 1. The Morgan fingerprint density at radius 3 is 2.54 bits per heavy atom. The van der Waals surface area contributed by atoms with Gasteiger partial charge in [0.25, 0.3) is 0 Å². The van der Waals surface area contributed by atoms with E-state index >= 15 is 0 Å². The SMILES string of the molecule is CCOC(=O)C(C)(C)Oc1ccc(Oc2cccc(/C=C/[N+](=O)[O-])c2)cc1C. The molecule has 148 valence electrons. The summed E-state index contributed by atoms with van der Waals surface area (Å²) in [6.45, 7) is 7.18. The van der Waals surface area contributed by atoms with E-state index in [9.17, 15) is 14.9 Å². The highest BCUT2D eigenvalue weighted by Gasteiger charge is 2.32. The van der Waals surface area contributed by atoms with E-state index in [2.05, 4.69) is 0 Å². The standard InChI is InChI=1S/C21H23NO6/c1-5-26-20(23)21(3,4)28-19-10-9-18(13-15(19)2)27-17-8-6-7-16(14-17)11-12-22(24)25/h6-14H,5H2,1-4H3/b12-11+. The molecule has 0 aromatic heterocycles. The summed E-state index contributed by atoms with van der Waals surface area (Å²) in [7, 11) is 0. The van der Waals surface area contributed by atoms with Crippen LogP contribution in [0.2, 0.25) is 0 Å². The monoisotopic (exact) mass is 385 g/mol. The van der Waals surface area contributed by atoms with Crippen molar-refractivity contribution in [3.63, 3.8) is 0 Å². The second-order valence-electron chi connectivity index (χ2n) is 6.54. The highest BCUT2D eigenvalue weighted by atomic mass is 16.6. The third-order valence-electron chi connectivity index (χ3n) is 3.76. The largest absolute Gasteiger partial charge is 0.476 e. The molecule has 2 aromatic rings. The molecule has 0 bridgehead atoms. The number of hydrogen-bond donors (Lipinski definition) is 0. The van der Waals surface area contributed by atoms with Gasteiger partial charge in [-0.3, -0.25) is 10.1 Å². The molecule has 0 aliphatic rings. The normalized spacial score (nSPS) is 11.3. The number of rotatable bonds is 8. The lowest BCUT2D eigenvalue weighted by atomic mass is 10.1. The van der Waals surface area contributed by atoms with Gasteiger partial charge in [0.05, 0.1) is 11.5 Å². The first kappa shape index (κ1) is 21.0. The number of aryl methyl sites for hydroxylation is 1. The minimum Gasteiger partial charge on any atom is -0.476 e. The van der Waals surface area contributed by atoms with Crippen molar-refractivity contribution in [2.24, 2.45) is 0 Å². The number of carbonyl (C=O) groups is 1. The Morgan fingerprint density at radius 2 is 1.89 bits per heavy atom. The van der Waals surface area contributed by atoms with E-state index in [-0.39, 0.29) is 6.61 Å². The Labute approximate surface area is 163 Å². The fourth-order valence-electron chi connectivity index (χ4n) is 2.39. The number of carbonyl (C=O) groups excluding carboxylic acids is 1. The van der Waals surface area contributed by atoms with Crippen LogP contribution in [0.1, 0.15) is 31.9 Å². The first-order chi connectivity index (χ1) is 13.2. The van der Waals surface area contributed by atoms with E-state index in [4.69, 9.17) is 14.2 Å². The van der Waals surface area contributed by atoms with Crippen LogP contribution < -0.4 is 9.47 Å². The zero-order chi connectivity index (χ0) is 20.7. The van der Waals surface area contributed by atoms with E-state index in [0.717, 1.165) is 11.8 Å². The predicted octanol–water partition coefficient (Wildman–Crippen LogP) is 4.76. The molecule has 0 N–H and O–H groups in total. The van der Waals surface area contributed by atoms with Crippen LogP contribution in [0.15, 0.2) is 48.7 Å². The van der Waals surface area contributed by atoms with Crippen molar-refractivity contribution in [1.29, 1.82) is 0 Å². The molecule has 0 saturated heterocycles. The van der Waals surface area contributed by atoms with Crippen molar-refractivity contribution in [3.05, 3.63) is 69.9 Å². The van der Waals surface area contributed by atoms with Gasteiger partial charge in [-0.25, -0.2) is 4.79 Å². The maximum atomic E-state index is 12.0. The van der Waals surface area contributed by atoms with Gasteiger partial charge >= 0.3 is 5.97 Å². The summed E-state index contributed by atoms with van der Waals surface area (Å²) >= 11 is 0. The molecule has 0 aliphatic carbocycles. The van der Waals surface area contributed by atoms with Crippen molar-refractivity contribution in [1.82, 2.24) is 0 Å². The van der Waals surface area contributed by atoms with Crippen LogP contribution >= 0.6 is 0 Å². The maximum Gasteiger partial charge on any atom is 0.349 e. The van der Waals surface area contributed by atoms with Gasteiger partial charge in [-0.2, -0.15) is 0 Å². The third kappa shape index (κ3) is 5.84. The number of nitro groups is 1. The predicted molar refractivity (Wildman–Crippen MR) is 105 cm³/mol. The summed E-state index contributed by atoms with van der Waals surface area (Å²) < 4.78 is 16.7. The van der Waals surface area contributed by atoms with Crippen LogP contribution in [0.4, 0.5) is 0 Å².